The van der Waals surface area contributed by atoms with Crippen LogP contribution < -0.4 is 0 Å². The van der Waals surface area contributed by atoms with Crippen LogP contribution in [0.3, 0.4) is 0 Å². The lowest BCUT2D eigenvalue weighted by molar-refractivity contribution is -0.276. The van der Waals surface area contributed by atoms with Crippen LogP contribution in [-0.2, 0) is 4.74 Å². The van der Waals surface area contributed by atoms with Crippen LogP contribution in [0.1, 0.15) is 19.8 Å². The molecule has 1 fully saturated rings. The second-order valence-corrected chi connectivity index (χ2v) is 4.90. The Bertz CT molecular complexity index is 226. The Balaban J connectivity index is 2.68. The number of rotatable bonds is 3. The fourth-order valence-electron chi connectivity index (χ4n) is 1.32. The van der Waals surface area contributed by atoms with Crippen LogP contribution >= 0.6 is 11.8 Å². The van der Waals surface area contributed by atoms with Crippen molar-refractivity contribution in [3.8, 4) is 0 Å². The van der Waals surface area contributed by atoms with E-state index in [-0.39, 0.29) is 18.4 Å². The van der Waals surface area contributed by atoms with Crippen molar-refractivity contribution in [1.29, 1.82) is 0 Å². The van der Waals surface area contributed by atoms with Crippen LogP contribution in [0, 0.1) is 0 Å². The van der Waals surface area contributed by atoms with Gasteiger partial charge in [0.15, 0.2) is 0 Å². The van der Waals surface area contributed by atoms with Gasteiger partial charge >= 0.3 is 12.4 Å². The summed E-state index contributed by atoms with van der Waals surface area (Å²) in [4.78, 5) is 0. The van der Waals surface area contributed by atoms with Crippen molar-refractivity contribution in [3.63, 3.8) is 0 Å². The lowest BCUT2D eigenvalue weighted by Crippen LogP contribution is -2.62. The first-order chi connectivity index (χ1) is 7.14. The molecule has 0 bridgehead atoms. The minimum atomic E-state index is -5.29. The van der Waals surface area contributed by atoms with Gasteiger partial charge in [-0.3, -0.25) is 0 Å². The van der Waals surface area contributed by atoms with Gasteiger partial charge in [-0.2, -0.15) is 26.3 Å². The molecule has 0 radical (unpaired) electrons. The fraction of sp³-hybridized carbons (Fsp3) is 1.00. The Morgan fingerprint density at radius 3 is 1.94 bits per heavy atom. The van der Waals surface area contributed by atoms with Crippen LogP contribution in [0.15, 0.2) is 0 Å². The Kier molecular flexibility index (Phi) is 3.74. The molecule has 8 heteroatoms. The van der Waals surface area contributed by atoms with E-state index in [0.717, 1.165) is 0 Å². The van der Waals surface area contributed by atoms with Crippen LogP contribution in [0.25, 0.3) is 0 Å². The van der Waals surface area contributed by atoms with Crippen molar-refractivity contribution in [2.75, 3.05) is 6.61 Å². The second kappa shape index (κ2) is 4.29. The number of hydrogen-bond donors (Lipinski definition) is 0. The minimum absolute atomic E-state index is 0.170. The third-order valence-electron chi connectivity index (χ3n) is 2.21. The number of alkyl halides is 6. The molecule has 0 N–H and O–H groups in total. The summed E-state index contributed by atoms with van der Waals surface area (Å²) < 4.78 is 75.3. The van der Waals surface area contributed by atoms with E-state index >= 15 is 0 Å². The maximum atomic E-state index is 12.4. The zero-order chi connectivity index (χ0) is 12.6. The van der Waals surface area contributed by atoms with E-state index in [4.69, 9.17) is 4.74 Å². The van der Waals surface area contributed by atoms with Gasteiger partial charge in [-0.15, -0.1) is 11.8 Å². The summed E-state index contributed by atoms with van der Waals surface area (Å²) in [6, 6.07) is 0. The van der Waals surface area contributed by atoms with E-state index in [1.807, 2.05) is 0 Å². The number of ether oxygens (including phenoxy) is 1. The summed E-state index contributed by atoms with van der Waals surface area (Å²) in [6.07, 6.45) is -11.1. The molecule has 1 aliphatic rings. The van der Waals surface area contributed by atoms with Crippen molar-refractivity contribution in [2.24, 2.45) is 0 Å². The summed E-state index contributed by atoms with van der Waals surface area (Å²) >= 11 is -0.197. The molecule has 1 atom stereocenters. The summed E-state index contributed by atoms with van der Waals surface area (Å²) in [5.41, 5.74) is -1.01. The summed E-state index contributed by atoms with van der Waals surface area (Å²) in [7, 11) is 0. The van der Waals surface area contributed by atoms with Gasteiger partial charge in [0.05, 0.1) is 0 Å². The van der Waals surface area contributed by atoms with Gasteiger partial charge in [0, 0.05) is 13.0 Å². The first-order valence-corrected chi connectivity index (χ1v) is 5.45. The molecule has 1 rings (SSSR count). The molecule has 0 aromatic heterocycles. The predicted molar refractivity (Wildman–Crippen MR) is 47.1 cm³/mol. The lowest BCUT2D eigenvalue weighted by Gasteiger charge is -2.47. The van der Waals surface area contributed by atoms with Crippen LogP contribution in [0.2, 0.25) is 0 Å². The Hall–Kier alpha value is -0.110. The molecule has 1 heterocycles. The SMILES string of the molecule is CCCOC1CC(C(F)(F)F)(C(F)(F)F)S1. The average Bonchev–Trinajstić information content (AvgIpc) is 1.96. The van der Waals surface area contributed by atoms with E-state index < -0.39 is 29.0 Å². The van der Waals surface area contributed by atoms with Gasteiger partial charge < -0.3 is 4.74 Å². The maximum absolute atomic E-state index is 12.4. The van der Waals surface area contributed by atoms with Crippen LogP contribution in [0.4, 0.5) is 26.3 Å². The molecular weight excluding hydrogens is 258 g/mol. The molecule has 1 nitrogen and oxygen atoms in total. The topological polar surface area (TPSA) is 9.23 Å². The van der Waals surface area contributed by atoms with Gasteiger partial charge in [0.1, 0.15) is 5.44 Å². The van der Waals surface area contributed by atoms with Crippen molar-refractivity contribution in [1.82, 2.24) is 0 Å². The fourth-order valence-corrected chi connectivity index (χ4v) is 2.48. The molecule has 0 aliphatic carbocycles. The summed E-state index contributed by atoms with van der Waals surface area (Å²) in [6.45, 7) is 1.90. The highest BCUT2D eigenvalue weighted by molar-refractivity contribution is 8.02. The third kappa shape index (κ3) is 2.27. The molecule has 0 aromatic carbocycles. The minimum Gasteiger partial charge on any atom is -0.368 e. The maximum Gasteiger partial charge on any atom is 0.412 e. The molecule has 1 saturated heterocycles. The van der Waals surface area contributed by atoms with Crippen molar-refractivity contribution >= 4 is 11.8 Å². The molecule has 1 aliphatic heterocycles. The average molecular weight is 268 g/mol. The molecule has 96 valence electrons. The van der Waals surface area contributed by atoms with Crippen LogP contribution in [0.5, 0.6) is 0 Å². The zero-order valence-electron chi connectivity index (χ0n) is 8.28. The lowest BCUT2D eigenvalue weighted by atomic mass is 10.0. The van der Waals surface area contributed by atoms with Gasteiger partial charge in [-0.25, -0.2) is 0 Å². The third-order valence-corrected chi connectivity index (χ3v) is 3.81. The van der Waals surface area contributed by atoms with E-state index in [1.165, 1.54) is 0 Å². The van der Waals surface area contributed by atoms with Crippen LogP contribution in [-0.4, -0.2) is 29.1 Å². The van der Waals surface area contributed by atoms with E-state index in [0.29, 0.717) is 6.42 Å². The summed E-state index contributed by atoms with van der Waals surface area (Å²) in [5, 5.41) is 0. The highest BCUT2D eigenvalue weighted by Crippen LogP contribution is 2.63. The smallest absolute Gasteiger partial charge is 0.368 e. The van der Waals surface area contributed by atoms with E-state index in [9.17, 15) is 26.3 Å². The molecule has 0 amide bonds. The summed E-state index contributed by atoms with van der Waals surface area (Å²) in [5.74, 6) is 0. The normalized spacial score (nSPS) is 25.3. The first-order valence-electron chi connectivity index (χ1n) is 4.57. The number of thioether (sulfide) groups is 1. The first kappa shape index (κ1) is 14.0. The van der Waals surface area contributed by atoms with Gasteiger partial charge in [-0.05, 0) is 6.42 Å². The quantitative estimate of drug-likeness (QED) is 0.721. The van der Waals surface area contributed by atoms with E-state index in [1.54, 1.807) is 6.92 Å². The predicted octanol–water partition coefficient (Wildman–Crippen LogP) is 3.74. The van der Waals surface area contributed by atoms with Crippen molar-refractivity contribution in [2.45, 2.75) is 42.3 Å². The second-order valence-electron chi connectivity index (χ2n) is 3.44. The highest BCUT2D eigenvalue weighted by atomic mass is 32.2. The molecular formula is C8H10F6OS. The van der Waals surface area contributed by atoms with Gasteiger partial charge in [0.25, 0.3) is 0 Å². The monoisotopic (exact) mass is 268 g/mol. The molecule has 1 unspecified atom stereocenters. The number of halogens is 6. The van der Waals surface area contributed by atoms with E-state index in [2.05, 4.69) is 0 Å². The Morgan fingerprint density at radius 2 is 1.62 bits per heavy atom. The Labute approximate surface area is 92.5 Å². The van der Waals surface area contributed by atoms with Crippen molar-refractivity contribution < 1.29 is 31.1 Å². The van der Waals surface area contributed by atoms with Gasteiger partial charge in [-0.1, -0.05) is 6.92 Å². The van der Waals surface area contributed by atoms with Crippen molar-refractivity contribution in [3.05, 3.63) is 0 Å². The molecule has 16 heavy (non-hydrogen) atoms. The standard InChI is InChI=1S/C8H10F6OS/c1-2-3-15-5-4-6(16-5,7(9,10)11)8(12,13)14/h5H,2-4H2,1H3. The Morgan fingerprint density at radius 1 is 1.19 bits per heavy atom. The highest BCUT2D eigenvalue weighted by Gasteiger charge is 2.77. The largest absolute Gasteiger partial charge is 0.412 e. The zero-order valence-corrected chi connectivity index (χ0v) is 9.10. The molecule has 0 saturated carbocycles. The van der Waals surface area contributed by atoms with Gasteiger partial charge in [0.2, 0.25) is 4.75 Å². The number of hydrogen-bond acceptors (Lipinski definition) is 2. The molecule has 0 aromatic rings. The molecule has 0 spiro atoms.